The van der Waals surface area contributed by atoms with Gasteiger partial charge in [-0.2, -0.15) is 5.10 Å². The number of aromatic nitrogens is 3. The van der Waals surface area contributed by atoms with Crippen LogP contribution in [0.2, 0.25) is 0 Å². The summed E-state index contributed by atoms with van der Waals surface area (Å²) in [6.45, 7) is 6.17. The van der Waals surface area contributed by atoms with Gasteiger partial charge in [-0.25, -0.2) is 9.67 Å². The molecule has 0 bridgehead atoms. The molecule has 0 amide bonds. The SMILES string of the molecule is CCOC(C)(C)C(O)/C(=C/c1ccc2ccccc2c1)n1cncn1. The standard InChI is InChI=1S/C20H23N3O2/c1-4-25-20(2,3)19(24)18(23-14-21-13-22-23)12-15-9-10-16-7-5-6-8-17(16)11-15/h5-14,19,24H,4H2,1-3H3/b18-12-. The molecule has 0 aliphatic rings. The van der Waals surface area contributed by atoms with Crippen LogP contribution in [0.3, 0.4) is 0 Å². The summed E-state index contributed by atoms with van der Waals surface area (Å²) in [4.78, 5) is 4.00. The minimum atomic E-state index is -0.861. The van der Waals surface area contributed by atoms with Crippen molar-refractivity contribution < 1.29 is 9.84 Å². The normalized spacial score (nSPS) is 14.0. The first-order valence-electron chi connectivity index (χ1n) is 8.38. The van der Waals surface area contributed by atoms with E-state index in [2.05, 4.69) is 34.3 Å². The Morgan fingerprint density at radius 3 is 2.68 bits per heavy atom. The van der Waals surface area contributed by atoms with E-state index < -0.39 is 11.7 Å². The Morgan fingerprint density at radius 1 is 1.24 bits per heavy atom. The molecule has 3 aromatic rings. The van der Waals surface area contributed by atoms with Crippen molar-refractivity contribution in [2.24, 2.45) is 0 Å². The van der Waals surface area contributed by atoms with Crippen LogP contribution in [0.5, 0.6) is 0 Å². The fourth-order valence-electron chi connectivity index (χ4n) is 2.89. The molecular formula is C20H23N3O2. The van der Waals surface area contributed by atoms with Crippen LogP contribution in [0.1, 0.15) is 26.3 Å². The summed E-state index contributed by atoms with van der Waals surface area (Å²) in [5.74, 6) is 0. The van der Waals surface area contributed by atoms with Crippen LogP contribution in [0, 0.1) is 0 Å². The van der Waals surface area contributed by atoms with Gasteiger partial charge in [0.25, 0.3) is 0 Å². The summed E-state index contributed by atoms with van der Waals surface area (Å²) < 4.78 is 7.31. The van der Waals surface area contributed by atoms with Crippen molar-refractivity contribution in [2.75, 3.05) is 6.61 Å². The topological polar surface area (TPSA) is 60.2 Å². The first-order valence-corrected chi connectivity index (χ1v) is 8.38. The van der Waals surface area contributed by atoms with Crippen LogP contribution < -0.4 is 0 Å². The highest BCUT2D eigenvalue weighted by molar-refractivity contribution is 5.86. The number of fused-ring (bicyclic) bond motifs is 1. The lowest BCUT2D eigenvalue weighted by Gasteiger charge is -2.31. The Balaban J connectivity index is 2.05. The molecule has 5 nitrogen and oxygen atoms in total. The summed E-state index contributed by atoms with van der Waals surface area (Å²) >= 11 is 0. The summed E-state index contributed by atoms with van der Waals surface area (Å²) in [5, 5.41) is 17.4. The second-order valence-corrected chi connectivity index (χ2v) is 6.45. The maximum atomic E-state index is 10.9. The first-order chi connectivity index (χ1) is 12.0. The molecule has 2 aromatic carbocycles. The molecule has 25 heavy (non-hydrogen) atoms. The average molecular weight is 337 g/mol. The van der Waals surface area contributed by atoms with Crippen molar-refractivity contribution in [3.63, 3.8) is 0 Å². The molecule has 130 valence electrons. The highest BCUT2D eigenvalue weighted by Gasteiger charge is 2.32. The third kappa shape index (κ3) is 3.78. The number of aliphatic hydroxyl groups excluding tert-OH is 1. The van der Waals surface area contributed by atoms with Crippen molar-refractivity contribution in [2.45, 2.75) is 32.5 Å². The van der Waals surface area contributed by atoms with Gasteiger partial charge >= 0.3 is 0 Å². The Morgan fingerprint density at radius 2 is 2.00 bits per heavy atom. The summed E-state index contributed by atoms with van der Waals surface area (Å²) in [5.41, 5.74) is 0.852. The van der Waals surface area contributed by atoms with E-state index in [0.717, 1.165) is 10.9 Å². The second-order valence-electron chi connectivity index (χ2n) is 6.45. The molecule has 0 saturated carbocycles. The van der Waals surface area contributed by atoms with Gasteiger partial charge in [0.15, 0.2) is 0 Å². The molecule has 3 rings (SSSR count). The van der Waals surface area contributed by atoms with Gasteiger partial charge in [-0.3, -0.25) is 0 Å². The van der Waals surface area contributed by atoms with Crippen LogP contribution in [-0.4, -0.2) is 38.2 Å². The van der Waals surface area contributed by atoms with E-state index in [1.165, 1.54) is 11.7 Å². The number of nitrogens with zero attached hydrogens (tertiary/aromatic N) is 3. The van der Waals surface area contributed by atoms with Crippen LogP contribution in [0.15, 0.2) is 55.1 Å². The summed E-state index contributed by atoms with van der Waals surface area (Å²) in [7, 11) is 0. The molecule has 0 radical (unpaired) electrons. The lowest BCUT2D eigenvalue weighted by molar-refractivity contribution is -0.0753. The highest BCUT2D eigenvalue weighted by Crippen LogP contribution is 2.26. The minimum absolute atomic E-state index is 0.519. The summed E-state index contributed by atoms with van der Waals surface area (Å²) in [6.07, 6.45) is 4.10. The van der Waals surface area contributed by atoms with Crippen molar-refractivity contribution in [1.82, 2.24) is 14.8 Å². The molecule has 1 unspecified atom stereocenters. The van der Waals surface area contributed by atoms with E-state index in [1.807, 2.05) is 45.0 Å². The molecule has 1 N–H and O–H groups in total. The number of rotatable bonds is 6. The fraction of sp³-hybridized carbons (Fsp3) is 0.300. The molecule has 1 heterocycles. The maximum Gasteiger partial charge on any atom is 0.138 e. The molecule has 5 heteroatoms. The van der Waals surface area contributed by atoms with Gasteiger partial charge in [0, 0.05) is 6.61 Å². The van der Waals surface area contributed by atoms with Crippen LogP contribution in [0.25, 0.3) is 22.5 Å². The van der Waals surface area contributed by atoms with E-state index in [1.54, 1.807) is 11.0 Å². The van der Waals surface area contributed by atoms with E-state index >= 15 is 0 Å². The molecule has 0 spiro atoms. The van der Waals surface area contributed by atoms with Gasteiger partial charge in [-0.05, 0) is 49.2 Å². The van der Waals surface area contributed by atoms with E-state index in [0.29, 0.717) is 12.3 Å². The number of hydrogen-bond acceptors (Lipinski definition) is 4. The third-order valence-corrected chi connectivity index (χ3v) is 4.23. The third-order valence-electron chi connectivity index (χ3n) is 4.23. The molecular weight excluding hydrogens is 314 g/mol. The number of aliphatic hydroxyl groups is 1. The first kappa shape index (κ1) is 17.3. The number of hydrogen-bond donors (Lipinski definition) is 1. The van der Waals surface area contributed by atoms with Crippen molar-refractivity contribution in [1.29, 1.82) is 0 Å². The van der Waals surface area contributed by atoms with Crippen molar-refractivity contribution in [3.05, 3.63) is 60.7 Å². The van der Waals surface area contributed by atoms with E-state index in [-0.39, 0.29) is 0 Å². The van der Waals surface area contributed by atoms with Crippen molar-refractivity contribution >= 4 is 22.5 Å². The lowest BCUT2D eigenvalue weighted by Crippen LogP contribution is -2.41. The smallest absolute Gasteiger partial charge is 0.138 e. The van der Waals surface area contributed by atoms with E-state index in [4.69, 9.17) is 4.74 Å². The van der Waals surface area contributed by atoms with Crippen LogP contribution in [-0.2, 0) is 4.74 Å². The molecule has 0 aliphatic carbocycles. The predicted molar refractivity (Wildman–Crippen MR) is 99.8 cm³/mol. The fourth-order valence-corrected chi connectivity index (χ4v) is 2.89. The molecule has 0 aliphatic heterocycles. The van der Waals surface area contributed by atoms with Gasteiger partial charge in [0.05, 0.1) is 11.3 Å². The lowest BCUT2D eigenvalue weighted by atomic mass is 9.96. The second kappa shape index (κ2) is 7.17. The quantitative estimate of drug-likeness (QED) is 0.746. The molecule has 0 fully saturated rings. The average Bonchev–Trinajstić information content (AvgIpc) is 3.13. The van der Waals surface area contributed by atoms with Gasteiger partial charge in [-0.1, -0.05) is 36.4 Å². The van der Waals surface area contributed by atoms with Gasteiger partial charge in [0.1, 0.15) is 18.8 Å². The Bertz CT molecular complexity index is 870. The Labute approximate surface area is 147 Å². The zero-order valence-corrected chi connectivity index (χ0v) is 14.8. The zero-order chi connectivity index (χ0) is 17.9. The maximum absolute atomic E-state index is 10.9. The van der Waals surface area contributed by atoms with Gasteiger partial charge < -0.3 is 9.84 Å². The predicted octanol–water partition coefficient (Wildman–Crippen LogP) is 3.61. The molecule has 1 aromatic heterocycles. The van der Waals surface area contributed by atoms with E-state index in [9.17, 15) is 5.11 Å². The molecule has 0 saturated heterocycles. The van der Waals surface area contributed by atoms with Crippen LogP contribution in [0.4, 0.5) is 0 Å². The monoisotopic (exact) mass is 337 g/mol. The van der Waals surface area contributed by atoms with Gasteiger partial charge in [0.2, 0.25) is 0 Å². The largest absolute Gasteiger partial charge is 0.384 e. The molecule has 1 atom stereocenters. The highest BCUT2D eigenvalue weighted by atomic mass is 16.5. The summed E-state index contributed by atoms with van der Waals surface area (Å²) in [6, 6.07) is 14.4. The number of benzene rings is 2. The zero-order valence-electron chi connectivity index (χ0n) is 14.8. The van der Waals surface area contributed by atoms with Crippen molar-refractivity contribution in [3.8, 4) is 0 Å². The Kier molecular flexibility index (Phi) is 4.97. The van der Waals surface area contributed by atoms with Gasteiger partial charge in [-0.15, -0.1) is 0 Å². The van der Waals surface area contributed by atoms with Crippen LogP contribution >= 0.6 is 0 Å². The Hall–Kier alpha value is -2.50. The minimum Gasteiger partial charge on any atom is -0.384 e. The number of ether oxygens (including phenoxy) is 1.